The molecular weight excluding hydrogens is 610 g/mol. The molecule has 14 nitrogen and oxygen atoms in total. The summed E-state index contributed by atoms with van der Waals surface area (Å²) in [7, 11) is 0. The van der Waals surface area contributed by atoms with E-state index >= 15 is 8.78 Å². The van der Waals surface area contributed by atoms with Crippen LogP contribution < -0.4 is 31.1 Å². The Labute approximate surface area is 263 Å². The van der Waals surface area contributed by atoms with E-state index < -0.39 is 53.8 Å². The van der Waals surface area contributed by atoms with E-state index in [9.17, 15) is 24.0 Å². The van der Waals surface area contributed by atoms with E-state index in [0.29, 0.717) is 0 Å². The molecule has 0 aliphatic carbocycles. The standard InChI is InChI=1S/C30H36F2N6O8/c1-17(39)35-13-20-15-37(28(42)44-20)18-5-7-22(24(31)11-18)23-8-6-19(12-25(23)32)38-16-21(45-29(38)43)14-36-26(40)33-9-10-34-27(41)46-30(2,3)4/h5-8,11-12,20-21H,9-10,13-16H2,1-4H3,(H,34,41)(H,35,39)(H2,33,36,40)/t20-,21-/m0/s1. The highest BCUT2D eigenvalue weighted by molar-refractivity contribution is 5.91. The molecule has 2 atom stereocenters. The fourth-order valence-electron chi connectivity index (χ4n) is 4.64. The van der Waals surface area contributed by atoms with Gasteiger partial charge in [-0.1, -0.05) is 0 Å². The van der Waals surface area contributed by atoms with E-state index in [0.717, 1.165) is 12.1 Å². The van der Waals surface area contributed by atoms with Crippen molar-refractivity contribution in [1.29, 1.82) is 0 Å². The number of halogens is 2. The van der Waals surface area contributed by atoms with Gasteiger partial charge in [-0.05, 0) is 57.2 Å². The number of cyclic esters (lactones) is 2. The lowest BCUT2D eigenvalue weighted by Gasteiger charge is -2.19. The van der Waals surface area contributed by atoms with Crippen molar-refractivity contribution in [1.82, 2.24) is 21.3 Å². The van der Waals surface area contributed by atoms with Gasteiger partial charge in [0.2, 0.25) is 5.91 Å². The Hall–Kier alpha value is -5.15. The number of rotatable bonds is 10. The Balaban J connectivity index is 1.29. The largest absolute Gasteiger partial charge is 0.444 e. The van der Waals surface area contributed by atoms with Gasteiger partial charge >= 0.3 is 24.3 Å². The van der Waals surface area contributed by atoms with Crippen molar-refractivity contribution in [3.8, 4) is 11.1 Å². The molecule has 0 aromatic heterocycles. The Morgan fingerprint density at radius 1 is 0.804 bits per heavy atom. The van der Waals surface area contributed by atoms with Gasteiger partial charge in [-0.2, -0.15) is 0 Å². The maximum absolute atomic E-state index is 15.2. The summed E-state index contributed by atoms with van der Waals surface area (Å²) >= 11 is 0. The van der Waals surface area contributed by atoms with Crippen LogP contribution in [0.1, 0.15) is 27.7 Å². The quantitative estimate of drug-likeness (QED) is 0.226. The SMILES string of the molecule is CC(=O)NC[C@H]1CN(c2ccc(-c3ccc(N4C[C@H](CNC(=O)NCCNC(=O)OC(C)(C)C)OC4=O)cc3F)c(F)c2)C(=O)O1. The average Bonchev–Trinajstić information content (AvgIpc) is 3.54. The Morgan fingerprint density at radius 3 is 1.74 bits per heavy atom. The third-order valence-electron chi connectivity index (χ3n) is 6.71. The molecule has 46 heavy (non-hydrogen) atoms. The molecule has 0 bridgehead atoms. The molecule has 16 heteroatoms. The number of benzene rings is 2. The number of hydrogen-bond acceptors (Lipinski definition) is 8. The predicted molar refractivity (Wildman–Crippen MR) is 161 cm³/mol. The maximum atomic E-state index is 15.2. The lowest BCUT2D eigenvalue weighted by molar-refractivity contribution is -0.119. The van der Waals surface area contributed by atoms with Crippen LogP contribution in [0.3, 0.4) is 0 Å². The van der Waals surface area contributed by atoms with Crippen LogP contribution in [-0.4, -0.2) is 87.3 Å². The zero-order valence-corrected chi connectivity index (χ0v) is 25.8. The monoisotopic (exact) mass is 646 g/mol. The molecule has 4 rings (SSSR count). The first-order chi connectivity index (χ1) is 21.7. The highest BCUT2D eigenvalue weighted by Crippen LogP contribution is 2.33. The molecule has 2 heterocycles. The van der Waals surface area contributed by atoms with E-state index in [1.807, 2.05) is 0 Å². The minimum absolute atomic E-state index is 0.0236. The maximum Gasteiger partial charge on any atom is 0.414 e. The molecule has 0 unspecified atom stereocenters. The van der Waals surface area contributed by atoms with Crippen molar-refractivity contribution in [2.24, 2.45) is 0 Å². The van der Waals surface area contributed by atoms with Crippen LogP contribution in [0.4, 0.5) is 39.3 Å². The van der Waals surface area contributed by atoms with Crippen molar-refractivity contribution in [2.45, 2.75) is 45.5 Å². The van der Waals surface area contributed by atoms with Crippen molar-refractivity contribution in [3.05, 3.63) is 48.0 Å². The molecule has 6 amide bonds. The second-order valence-electron chi connectivity index (χ2n) is 11.6. The van der Waals surface area contributed by atoms with Gasteiger partial charge in [0.15, 0.2) is 0 Å². The third-order valence-corrected chi connectivity index (χ3v) is 6.71. The van der Waals surface area contributed by atoms with E-state index in [4.69, 9.17) is 14.2 Å². The zero-order valence-electron chi connectivity index (χ0n) is 25.8. The Kier molecular flexibility index (Phi) is 10.5. The minimum atomic E-state index is -0.797. The fourth-order valence-corrected chi connectivity index (χ4v) is 4.64. The number of carbonyl (C=O) groups excluding carboxylic acids is 5. The number of nitrogens with one attached hydrogen (secondary N) is 4. The lowest BCUT2D eigenvalue weighted by Crippen LogP contribution is -2.44. The minimum Gasteiger partial charge on any atom is -0.444 e. The summed E-state index contributed by atoms with van der Waals surface area (Å²) in [4.78, 5) is 62.0. The highest BCUT2D eigenvalue weighted by atomic mass is 19.1. The fraction of sp³-hybridized carbons (Fsp3) is 0.433. The summed E-state index contributed by atoms with van der Waals surface area (Å²) in [5.41, 5.74) is -0.388. The zero-order chi connectivity index (χ0) is 33.6. The lowest BCUT2D eigenvalue weighted by atomic mass is 10.0. The molecule has 0 radical (unpaired) electrons. The van der Waals surface area contributed by atoms with Gasteiger partial charge in [0.1, 0.15) is 29.4 Å². The molecule has 2 saturated heterocycles. The van der Waals surface area contributed by atoms with Gasteiger partial charge < -0.3 is 35.5 Å². The van der Waals surface area contributed by atoms with Crippen molar-refractivity contribution in [3.63, 3.8) is 0 Å². The molecule has 2 aliphatic heterocycles. The van der Waals surface area contributed by atoms with Gasteiger partial charge in [-0.25, -0.2) is 28.0 Å². The van der Waals surface area contributed by atoms with Crippen LogP contribution in [0.25, 0.3) is 11.1 Å². The van der Waals surface area contributed by atoms with Crippen LogP contribution in [-0.2, 0) is 19.0 Å². The van der Waals surface area contributed by atoms with Crippen LogP contribution in [0, 0.1) is 11.6 Å². The topological polar surface area (TPSA) is 168 Å². The summed E-state index contributed by atoms with van der Waals surface area (Å²) in [5.74, 6) is -1.86. The summed E-state index contributed by atoms with van der Waals surface area (Å²) < 4.78 is 46.0. The van der Waals surface area contributed by atoms with Crippen LogP contribution >= 0.6 is 0 Å². The number of carbonyl (C=O) groups is 5. The predicted octanol–water partition coefficient (Wildman–Crippen LogP) is 3.24. The number of alkyl carbamates (subject to hydrolysis) is 1. The van der Waals surface area contributed by atoms with Crippen molar-refractivity contribution < 1.29 is 47.0 Å². The van der Waals surface area contributed by atoms with Gasteiger partial charge in [0.05, 0.1) is 37.6 Å². The summed E-state index contributed by atoms with van der Waals surface area (Å²) in [6.45, 7) is 7.00. The molecule has 0 saturated carbocycles. The van der Waals surface area contributed by atoms with E-state index in [1.54, 1.807) is 20.8 Å². The molecule has 2 aromatic rings. The van der Waals surface area contributed by atoms with Crippen LogP contribution in [0.5, 0.6) is 0 Å². The smallest absolute Gasteiger partial charge is 0.414 e. The van der Waals surface area contributed by atoms with Crippen LogP contribution in [0.15, 0.2) is 36.4 Å². The molecule has 0 spiro atoms. The molecule has 4 N–H and O–H groups in total. The van der Waals surface area contributed by atoms with Gasteiger partial charge in [-0.3, -0.25) is 14.6 Å². The molecule has 248 valence electrons. The normalized spacial score (nSPS) is 17.7. The Bertz CT molecular complexity index is 1500. The van der Waals surface area contributed by atoms with Crippen LogP contribution in [0.2, 0.25) is 0 Å². The average molecular weight is 647 g/mol. The Morgan fingerprint density at radius 2 is 1.28 bits per heavy atom. The van der Waals surface area contributed by atoms with E-state index in [1.165, 1.54) is 41.0 Å². The van der Waals surface area contributed by atoms with E-state index in [2.05, 4.69) is 21.3 Å². The second-order valence-corrected chi connectivity index (χ2v) is 11.6. The van der Waals surface area contributed by atoms with Gasteiger partial charge in [-0.15, -0.1) is 0 Å². The van der Waals surface area contributed by atoms with Crippen molar-refractivity contribution >= 4 is 41.6 Å². The highest BCUT2D eigenvalue weighted by Gasteiger charge is 2.34. The number of urea groups is 1. The van der Waals surface area contributed by atoms with Crippen molar-refractivity contribution in [2.75, 3.05) is 49.1 Å². The number of anilines is 2. The number of amides is 6. The first-order valence-electron chi connectivity index (χ1n) is 14.5. The first-order valence-corrected chi connectivity index (χ1v) is 14.5. The second kappa shape index (κ2) is 14.3. The molecule has 2 fully saturated rings. The summed E-state index contributed by atoms with van der Waals surface area (Å²) in [5, 5.41) is 10.2. The third kappa shape index (κ3) is 8.95. The molecule has 2 aliphatic rings. The first kappa shape index (κ1) is 33.7. The summed E-state index contributed by atoms with van der Waals surface area (Å²) in [6, 6.07) is 7.18. The molecule has 2 aromatic carbocycles. The number of nitrogens with zero attached hydrogens (tertiary/aromatic N) is 2. The number of hydrogen-bond donors (Lipinski definition) is 4. The summed E-state index contributed by atoms with van der Waals surface area (Å²) in [6.07, 6.45) is -3.38. The van der Waals surface area contributed by atoms with Gasteiger partial charge in [0.25, 0.3) is 0 Å². The molecular formula is C30H36F2N6O8. The van der Waals surface area contributed by atoms with E-state index in [-0.39, 0.29) is 67.7 Å². The van der Waals surface area contributed by atoms with Gasteiger partial charge in [0, 0.05) is 31.1 Å². The number of ether oxygens (including phenoxy) is 3.